The van der Waals surface area contributed by atoms with E-state index in [0.29, 0.717) is 0 Å². The molecule has 0 aromatic rings. The molecule has 0 atom stereocenters. The van der Waals surface area contributed by atoms with E-state index in [1.807, 2.05) is 6.08 Å². The molecule has 37 valence electrons. The average Bonchev–Trinajstić information content (AvgIpc) is 1.55. The molecule has 1 radical (unpaired) electrons. The Balaban J connectivity index is 2.27. The van der Waals surface area contributed by atoms with Crippen LogP contribution in [-0.2, 0) is 0 Å². The van der Waals surface area contributed by atoms with Crippen molar-refractivity contribution in [2.45, 2.75) is 12.8 Å². The Hall–Kier alpha value is -0.480. The van der Waals surface area contributed by atoms with Gasteiger partial charge < -0.3 is 0 Å². The van der Waals surface area contributed by atoms with Crippen LogP contribution in [0.4, 0.5) is 0 Å². The van der Waals surface area contributed by atoms with Crippen molar-refractivity contribution >= 4 is 0 Å². The predicted octanol–water partition coefficient (Wildman–Crippen LogP) is 1.94. The van der Waals surface area contributed by atoms with Crippen molar-refractivity contribution in [3.05, 3.63) is 24.8 Å². The molecule has 0 heterocycles. The molecule has 1 aliphatic rings. The standard InChI is InChI=1S/C7H9/c1-2-4-7-5-3-6-7/h3-4,7H,1,5-6H2. The number of hydrogen-bond donors (Lipinski definition) is 0. The largest absolute Gasteiger partial charge is 0.133 e. The van der Waals surface area contributed by atoms with E-state index in [2.05, 4.69) is 18.7 Å². The molecule has 1 saturated carbocycles. The highest BCUT2D eigenvalue weighted by Gasteiger charge is 2.12. The zero-order chi connectivity index (χ0) is 5.11. The lowest BCUT2D eigenvalue weighted by molar-refractivity contribution is 0.505. The Labute approximate surface area is 44.5 Å². The Kier molecular flexibility index (Phi) is 1.33. The third-order valence-electron chi connectivity index (χ3n) is 1.29. The lowest BCUT2D eigenvalue weighted by Crippen LogP contribution is -2.07. The van der Waals surface area contributed by atoms with Crippen molar-refractivity contribution in [1.29, 1.82) is 0 Å². The van der Waals surface area contributed by atoms with Gasteiger partial charge >= 0.3 is 0 Å². The minimum Gasteiger partial charge on any atom is -0.133 e. The van der Waals surface area contributed by atoms with E-state index in [1.54, 1.807) is 0 Å². The van der Waals surface area contributed by atoms with Gasteiger partial charge in [-0.3, -0.25) is 0 Å². The van der Waals surface area contributed by atoms with Crippen LogP contribution in [0.2, 0.25) is 0 Å². The van der Waals surface area contributed by atoms with E-state index in [0.717, 1.165) is 5.92 Å². The minimum absolute atomic E-state index is 0.775. The topological polar surface area (TPSA) is 0 Å². The molecule has 1 fully saturated rings. The van der Waals surface area contributed by atoms with Gasteiger partial charge in [-0.05, 0) is 31.3 Å². The molecule has 0 bridgehead atoms. The van der Waals surface area contributed by atoms with Crippen LogP contribution in [0.3, 0.4) is 0 Å². The maximum absolute atomic E-state index is 3.49. The summed E-state index contributed by atoms with van der Waals surface area (Å²) in [6.07, 6.45) is 6.80. The molecule has 0 heteroatoms. The van der Waals surface area contributed by atoms with E-state index >= 15 is 0 Å². The molecule has 0 N–H and O–H groups in total. The lowest BCUT2D eigenvalue weighted by Gasteiger charge is -2.19. The third kappa shape index (κ3) is 0.942. The van der Waals surface area contributed by atoms with Crippen LogP contribution in [0, 0.1) is 12.3 Å². The molecule has 1 aliphatic carbocycles. The van der Waals surface area contributed by atoms with Gasteiger partial charge in [0.2, 0.25) is 0 Å². The van der Waals surface area contributed by atoms with Crippen LogP contribution in [-0.4, -0.2) is 0 Å². The van der Waals surface area contributed by atoms with Crippen LogP contribution in [0.25, 0.3) is 0 Å². The molecule has 0 unspecified atom stereocenters. The van der Waals surface area contributed by atoms with Gasteiger partial charge in [0.05, 0.1) is 0 Å². The molecule has 0 saturated heterocycles. The van der Waals surface area contributed by atoms with Crippen LogP contribution in [0.1, 0.15) is 12.8 Å². The zero-order valence-corrected chi connectivity index (χ0v) is 4.35. The summed E-state index contributed by atoms with van der Waals surface area (Å²) in [6.45, 7) is 3.49. The highest BCUT2D eigenvalue weighted by atomic mass is 14.2. The average molecular weight is 93.1 g/mol. The monoisotopic (exact) mass is 93.1 g/mol. The summed E-state index contributed by atoms with van der Waals surface area (Å²) < 4.78 is 0. The summed E-state index contributed by atoms with van der Waals surface area (Å²) in [5.74, 6) is 0.775. The first kappa shape index (κ1) is 4.67. The summed E-state index contributed by atoms with van der Waals surface area (Å²) in [5.41, 5.74) is 2.77. The van der Waals surface area contributed by atoms with E-state index in [9.17, 15) is 0 Å². The van der Waals surface area contributed by atoms with Crippen molar-refractivity contribution in [2.75, 3.05) is 0 Å². The molecule has 1 rings (SSSR count). The van der Waals surface area contributed by atoms with E-state index in [4.69, 9.17) is 0 Å². The van der Waals surface area contributed by atoms with Crippen LogP contribution >= 0.6 is 0 Å². The van der Waals surface area contributed by atoms with E-state index in [-0.39, 0.29) is 0 Å². The first-order chi connectivity index (χ1) is 3.43. The van der Waals surface area contributed by atoms with Crippen LogP contribution in [0.15, 0.2) is 18.4 Å². The SMILES string of the molecule is C=C=CC1C[CH]C1. The van der Waals surface area contributed by atoms with Crippen LogP contribution in [0.5, 0.6) is 0 Å². The summed E-state index contributed by atoms with van der Waals surface area (Å²) >= 11 is 0. The van der Waals surface area contributed by atoms with Gasteiger partial charge in [-0.2, -0.15) is 0 Å². The Morgan fingerprint density at radius 2 is 2.43 bits per heavy atom. The first-order valence-corrected chi connectivity index (χ1v) is 2.61. The number of allylic oxidation sites excluding steroid dienone is 1. The van der Waals surface area contributed by atoms with Crippen molar-refractivity contribution in [1.82, 2.24) is 0 Å². The molecule has 7 heavy (non-hydrogen) atoms. The maximum Gasteiger partial charge on any atom is -0.0152 e. The fraction of sp³-hybridized carbons (Fsp3) is 0.429. The van der Waals surface area contributed by atoms with E-state index < -0.39 is 0 Å². The number of rotatable bonds is 1. The molecule has 0 aliphatic heterocycles. The van der Waals surface area contributed by atoms with E-state index in [1.165, 1.54) is 12.8 Å². The highest BCUT2D eigenvalue weighted by Crippen LogP contribution is 2.25. The quantitative estimate of drug-likeness (QED) is 0.434. The second-order valence-electron chi connectivity index (χ2n) is 1.89. The fourth-order valence-electron chi connectivity index (χ4n) is 0.662. The summed E-state index contributed by atoms with van der Waals surface area (Å²) in [5, 5.41) is 0. The van der Waals surface area contributed by atoms with Gasteiger partial charge in [-0.25, -0.2) is 0 Å². The second-order valence-corrected chi connectivity index (χ2v) is 1.89. The molecule has 0 aromatic carbocycles. The van der Waals surface area contributed by atoms with Gasteiger partial charge in [0.1, 0.15) is 0 Å². The zero-order valence-electron chi connectivity index (χ0n) is 4.35. The van der Waals surface area contributed by atoms with Gasteiger partial charge in [0, 0.05) is 0 Å². The molecule has 0 amide bonds. The predicted molar refractivity (Wildman–Crippen MR) is 30.7 cm³/mol. The fourth-order valence-corrected chi connectivity index (χ4v) is 0.662. The number of hydrogen-bond acceptors (Lipinski definition) is 0. The molecular weight excluding hydrogens is 84.1 g/mol. The first-order valence-electron chi connectivity index (χ1n) is 2.61. The minimum atomic E-state index is 0.775. The van der Waals surface area contributed by atoms with Gasteiger partial charge in [0.15, 0.2) is 0 Å². The highest BCUT2D eigenvalue weighted by molar-refractivity contribution is 4.97. The van der Waals surface area contributed by atoms with Gasteiger partial charge in [-0.1, -0.05) is 6.58 Å². The molecule has 0 spiro atoms. The van der Waals surface area contributed by atoms with Crippen LogP contribution < -0.4 is 0 Å². The molecule has 0 nitrogen and oxygen atoms in total. The Bertz CT molecular complexity index is 92.6. The summed E-state index contributed by atoms with van der Waals surface area (Å²) in [4.78, 5) is 0. The van der Waals surface area contributed by atoms with Crippen molar-refractivity contribution in [3.8, 4) is 0 Å². The van der Waals surface area contributed by atoms with Crippen molar-refractivity contribution in [3.63, 3.8) is 0 Å². The smallest absolute Gasteiger partial charge is 0.0152 e. The normalized spacial score (nSPS) is 20.0. The maximum atomic E-state index is 3.49. The second kappa shape index (κ2) is 1.99. The molecular formula is C7H9. The summed E-state index contributed by atoms with van der Waals surface area (Å²) in [7, 11) is 0. The van der Waals surface area contributed by atoms with Crippen molar-refractivity contribution < 1.29 is 0 Å². The Morgan fingerprint density at radius 3 is 2.57 bits per heavy atom. The summed E-state index contributed by atoms with van der Waals surface area (Å²) in [6, 6.07) is 0. The third-order valence-corrected chi connectivity index (χ3v) is 1.29. The van der Waals surface area contributed by atoms with Gasteiger partial charge in [0.25, 0.3) is 0 Å². The lowest BCUT2D eigenvalue weighted by atomic mass is 9.86. The Morgan fingerprint density at radius 1 is 1.71 bits per heavy atom. The molecule has 0 aromatic heterocycles. The van der Waals surface area contributed by atoms with Gasteiger partial charge in [-0.15, -0.1) is 5.73 Å². The van der Waals surface area contributed by atoms with Crippen molar-refractivity contribution in [2.24, 2.45) is 5.92 Å².